The lowest BCUT2D eigenvalue weighted by molar-refractivity contribution is 0.104. The van der Waals surface area contributed by atoms with Gasteiger partial charge in [-0.25, -0.2) is 0 Å². The van der Waals surface area contributed by atoms with Gasteiger partial charge in [0, 0.05) is 50.3 Å². The molecule has 0 atom stereocenters. The van der Waals surface area contributed by atoms with E-state index in [0.717, 1.165) is 105 Å². The third-order valence-electron chi connectivity index (χ3n) is 10.9. The molecule has 0 unspecified atom stereocenters. The van der Waals surface area contributed by atoms with Crippen LogP contribution in [0.4, 0.5) is 0 Å². The average Bonchev–Trinajstić information content (AvgIpc) is 3.97. The van der Waals surface area contributed by atoms with E-state index >= 15 is 4.79 Å². The number of nitrogens with zero attached hydrogens (tertiary/aromatic N) is 2. The van der Waals surface area contributed by atoms with Gasteiger partial charge >= 0.3 is 0 Å². The van der Waals surface area contributed by atoms with Crippen molar-refractivity contribution >= 4 is 36.2 Å². The molecular formula is C47H57N2O5SSi. The van der Waals surface area contributed by atoms with E-state index < -0.39 is 9.04 Å². The van der Waals surface area contributed by atoms with E-state index in [2.05, 4.69) is 80.9 Å². The number of carbonyl (C=O) groups excluding carboxylic acids is 1. The highest BCUT2D eigenvalue weighted by Crippen LogP contribution is 2.50. The highest BCUT2D eigenvalue weighted by Gasteiger charge is 2.31. The molecule has 1 radical (unpaired) electrons. The number of hydrogen-bond acceptors (Lipinski definition) is 8. The van der Waals surface area contributed by atoms with Crippen LogP contribution in [0, 0.1) is 6.92 Å². The van der Waals surface area contributed by atoms with Crippen LogP contribution in [0.5, 0.6) is 23.0 Å². The van der Waals surface area contributed by atoms with Gasteiger partial charge in [-0.15, -0.1) is 11.3 Å². The summed E-state index contributed by atoms with van der Waals surface area (Å²) in [5, 5.41) is 0.906. The first-order chi connectivity index (χ1) is 27.0. The zero-order valence-corrected chi connectivity index (χ0v) is 36.1. The molecule has 4 aromatic carbocycles. The van der Waals surface area contributed by atoms with Crippen molar-refractivity contribution in [3.8, 4) is 33.4 Å². The third-order valence-corrected chi connectivity index (χ3v) is 12.8. The summed E-state index contributed by atoms with van der Waals surface area (Å²) in [6, 6.07) is 24.4. The summed E-state index contributed by atoms with van der Waals surface area (Å²) in [4.78, 5) is 20.9. The molecule has 7 nitrogen and oxygen atoms in total. The quantitative estimate of drug-likeness (QED) is 0.0773. The fraction of sp³-hybridized carbons (Fsp3) is 0.426. The Morgan fingerprint density at radius 2 is 1.55 bits per heavy atom. The molecule has 7 rings (SSSR count). The summed E-state index contributed by atoms with van der Waals surface area (Å²) < 4.78 is 26.7. The molecule has 5 aromatic rings. The fourth-order valence-corrected chi connectivity index (χ4v) is 10.2. The van der Waals surface area contributed by atoms with E-state index in [1.807, 2.05) is 42.5 Å². The molecule has 9 heteroatoms. The Morgan fingerprint density at radius 1 is 0.839 bits per heavy atom. The van der Waals surface area contributed by atoms with E-state index in [-0.39, 0.29) is 11.2 Å². The van der Waals surface area contributed by atoms with E-state index in [1.54, 1.807) is 18.4 Å². The topological polar surface area (TPSA) is 60.5 Å². The Kier molecular flexibility index (Phi) is 12.6. The highest BCUT2D eigenvalue weighted by atomic mass is 32.1. The summed E-state index contributed by atoms with van der Waals surface area (Å²) in [5.41, 5.74) is 6.45. The van der Waals surface area contributed by atoms with Crippen LogP contribution in [0.3, 0.4) is 0 Å². The van der Waals surface area contributed by atoms with E-state index in [0.29, 0.717) is 24.3 Å². The summed E-state index contributed by atoms with van der Waals surface area (Å²) in [7, 11) is 0.542. The average molecular weight is 790 g/mol. The minimum Gasteiger partial charge on any atom is -0.540 e. The van der Waals surface area contributed by atoms with Gasteiger partial charge in [0.05, 0.1) is 7.11 Å². The van der Waals surface area contributed by atoms with Gasteiger partial charge in [0.15, 0.2) is 11.5 Å². The van der Waals surface area contributed by atoms with Crippen LogP contribution in [0.2, 0.25) is 13.1 Å². The Morgan fingerprint density at radius 3 is 2.23 bits per heavy atom. The third kappa shape index (κ3) is 9.02. The van der Waals surface area contributed by atoms with Crippen molar-refractivity contribution in [2.45, 2.75) is 85.0 Å². The summed E-state index contributed by atoms with van der Waals surface area (Å²) in [6.07, 6.45) is 4.94. The summed E-state index contributed by atoms with van der Waals surface area (Å²) >= 11 is 1.64. The van der Waals surface area contributed by atoms with Gasteiger partial charge in [0.2, 0.25) is 0 Å². The molecule has 2 aliphatic rings. The number of hydrogen-bond donors (Lipinski definition) is 0. The van der Waals surface area contributed by atoms with Gasteiger partial charge < -0.3 is 18.6 Å². The Hall–Kier alpha value is -4.15. The van der Waals surface area contributed by atoms with Crippen LogP contribution < -0.4 is 18.6 Å². The van der Waals surface area contributed by atoms with E-state index in [1.165, 1.54) is 25.7 Å². The first-order valence-corrected chi connectivity index (χ1v) is 23.4. The summed E-state index contributed by atoms with van der Waals surface area (Å²) in [6.45, 7) is 20.4. The lowest BCUT2D eigenvalue weighted by Crippen LogP contribution is -2.26. The zero-order chi connectivity index (χ0) is 39.4. The van der Waals surface area contributed by atoms with Crippen molar-refractivity contribution in [1.29, 1.82) is 0 Å². The number of carbonyl (C=O) groups is 1. The maximum Gasteiger partial charge on any atom is 0.274 e. The number of thiophene rings is 1. The first-order valence-electron chi connectivity index (χ1n) is 20.2. The molecule has 2 fully saturated rings. The van der Waals surface area contributed by atoms with Crippen molar-refractivity contribution in [2.75, 3.05) is 46.4 Å². The largest absolute Gasteiger partial charge is 0.540 e. The Bertz CT molecular complexity index is 2150. The SMILES string of the molecule is COc1cc(C(=O)c2c(-c3cc(O[Si](C)C)c(OCCN4CCCC4)c(C(C)(C)C)c3C)sc3cc(OCc4ccccc4)ccc23)ccc1CN1CCCC1. The van der Waals surface area contributed by atoms with Crippen molar-refractivity contribution in [3.05, 3.63) is 106 Å². The Balaban J connectivity index is 1.35. The molecule has 0 aliphatic carbocycles. The lowest BCUT2D eigenvalue weighted by Gasteiger charge is -2.30. The standard InChI is InChI=1S/C47H57N2O5SSi/c1-32-38(29-40(54-56(6)7)45(43(32)47(2,3)4)52-26-25-48-21-11-12-22-48)46-42(37-20-19-36(28-41(37)55-46)53-31-33-15-9-8-10-16-33)44(50)34-17-18-35(39(27-34)51-5)30-49-23-13-14-24-49/h8-10,15-20,27-29H,11-14,21-26,30-31H2,1-7H3. The number of benzene rings is 4. The molecule has 2 aliphatic heterocycles. The van der Waals surface area contributed by atoms with Crippen LogP contribution in [0.1, 0.15) is 84.6 Å². The molecule has 0 bridgehead atoms. The second-order valence-electron chi connectivity index (χ2n) is 16.5. The lowest BCUT2D eigenvalue weighted by atomic mass is 9.80. The van der Waals surface area contributed by atoms with Crippen LogP contribution in [0.15, 0.2) is 72.8 Å². The number of ether oxygens (including phenoxy) is 3. The van der Waals surface area contributed by atoms with Crippen molar-refractivity contribution in [3.63, 3.8) is 0 Å². The first kappa shape index (κ1) is 40.1. The van der Waals surface area contributed by atoms with Gasteiger partial charge in [-0.05, 0) is 124 Å². The molecule has 295 valence electrons. The number of methoxy groups -OCH3 is 1. The predicted molar refractivity (Wildman–Crippen MR) is 232 cm³/mol. The normalized spacial score (nSPS) is 15.2. The second kappa shape index (κ2) is 17.5. The minimum absolute atomic E-state index is 0.0314. The maximum absolute atomic E-state index is 15.1. The van der Waals surface area contributed by atoms with Gasteiger partial charge in [0.25, 0.3) is 9.04 Å². The predicted octanol–water partition coefficient (Wildman–Crippen LogP) is 10.7. The van der Waals surface area contributed by atoms with Gasteiger partial charge in [-0.2, -0.15) is 0 Å². The zero-order valence-electron chi connectivity index (χ0n) is 34.3. The number of fused-ring (bicyclic) bond motifs is 1. The molecule has 56 heavy (non-hydrogen) atoms. The fourth-order valence-electron chi connectivity index (χ4n) is 8.26. The van der Waals surface area contributed by atoms with Crippen LogP contribution in [-0.4, -0.2) is 71.1 Å². The minimum atomic E-state index is -1.16. The number of likely N-dealkylation sites (tertiary alicyclic amines) is 2. The van der Waals surface area contributed by atoms with Crippen molar-refractivity contribution in [1.82, 2.24) is 9.80 Å². The van der Waals surface area contributed by atoms with Crippen LogP contribution >= 0.6 is 11.3 Å². The summed E-state index contributed by atoms with van der Waals surface area (Å²) in [5.74, 6) is 3.07. The molecule has 2 saturated heterocycles. The molecule has 0 spiro atoms. The van der Waals surface area contributed by atoms with Crippen molar-refractivity contribution < 1.29 is 23.4 Å². The Labute approximate surface area is 339 Å². The smallest absolute Gasteiger partial charge is 0.274 e. The van der Waals surface area contributed by atoms with Gasteiger partial charge in [-0.3, -0.25) is 14.6 Å². The van der Waals surface area contributed by atoms with Crippen LogP contribution in [-0.2, 0) is 18.6 Å². The number of ketones is 1. The van der Waals surface area contributed by atoms with Gasteiger partial charge in [0.1, 0.15) is 30.5 Å². The molecule has 3 heterocycles. The van der Waals surface area contributed by atoms with Gasteiger partial charge in [-0.1, -0.05) is 63.2 Å². The van der Waals surface area contributed by atoms with Crippen LogP contribution in [0.25, 0.3) is 20.5 Å². The van der Waals surface area contributed by atoms with E-state index in [4.69, 9.17) is 18.6 Å². The highest BCUT2D eigenvalue weighted by molar-refractivity contribution is 7.22. The maximum atomic E-state index is 15.1. The van der Waals surface area contributed by atoms with Crippen molar-refractivity contribution in [2.24, 2.45) is 0 Å². The number of rotatable bonds is 15. The second-order valence-corrected chi connectivity index (χ2v) is 19.6. The monoisotopic (exact) mass is 789 g/mol. The molecule has 1 aromatic heterocycles. The van der Waals surface area contributed by atoms with E-state index in [9.17, 15) is 0 Å². The molecular weight excluding hydrogens is 733 g/mol. The molecule has 0 N–H and O–H groups in total. The molecule has 0 amide bonds. The molecule has 0 saturated carbocycles.